The van der Waals surface area contributed by atoms with E-state index in [-0.39, 0.29) is 6.04 Å². The Morgan fingerprint density at radius 2 is 2.05 bits per heavy atom. The van der Waals surface area contributed by atoms with Gasteiger partial charge in [-0.2, -0.15) is 19.6 Å². The first kappa shape index (κ1) is 14.1. The minimum Gasteiger partial charge on any atom is -0.363 e. The van der Waals surface area contributed by atoms with Crippen molar-refractivity contribution in [2.45, 2.75) is 19.9 Å². The molecule has 0 unspecified atom stereocenters. The van der Waals surface area contributed by atoms with Crippen molar-refractivity contribution < 1.29 is 0 Å². The number of hydrogen-bond donors (Lipinski definition) is 1. The monoisotopic (exact) mass is 321 g/mol. The summed E-state index contributed by atoms with van der Waals surface area (Å²) in [4.78, 5) is 8.15. The van der Waals surface area contributed by atoms with Crippen molar-refractivity contribution in [2.24, 2.45) is 0 Å². The average molecular weight is 322 g/mol. The van der Waals surface area contributed by atoms with Crippen molar-refractivity contribution in [3.05, 3.63) is 51.9 Å². The molecule has 0 fully saturated rings. The van der Waals surface area contributed by atoms with Crippen molar-refractivity contribution in [1.29, 1.82) is 0 Å². The van der Waals surface area contributed by atoms with Gasteiger partial charge in [0.25, 0.3) is 5.78 Å². The number of halogens is 2. The highest BCUT2D eigenvalue weighted by atomic mass is 35.5. The van der Waals surface area contributed by atoms with E-state index in [1.165, 1.54) is 6.33 Å². The summed E-state index contributed by atoms with van der Waals surface area (Å²) in [6.07, 6.45) is 1.45. The van der Waals surface area contributed by atoms with Gasteiger partial charge in [0, 0.05) is 11.1 Å². The zero-order valence-electron chi connectivity index (χ0n) is 11.5. The Bertz CT molecular complexity index is 799. The Balaban J connectivity index is 1.96. The Morgan fingerprint density at radius 3 is 2.81 bits per heavy atom. The molecule has 7 heteroatoms. The second kappa shape index (κ2) is 5.50. The van der Waals surface area contributed by atoms with Crippen molar-refractivity contribution in [1.82, 2.24) is 19.6 Å². The fraction of sp³-hybridized carbons (Fsp3) is 0.214. The number of nitrogens with zero attached hydrogens (tertiary/aromatic N) is 4. The van der Waals surface area contributed by atoms with Crippen LogP contribution in [0.15, 0.2) is 30.6 Å². The van der Waals surface area contributed by atoms with Gasteiger partial charge in [-0.15, -0.1) is 0 Å². The van der Waals surface area contributed by atoms with Gasteiger partial charge in [0.1, 0.15) is 17.3 Å². The molecule has 0 saturated carbocycles. The molecular formula is C14H13Cl2N5. The van der Waals surface area contributed by atoms with E-state index in [9.17, 15) is 0 Å². The molecule has 0 aliphatic carbocycles. The molecular weight excluding hydrogens is 309 g/mol. The number of hydrogen-bond acceptors (Lipinski definition) is 4. The van der Waals surface area contributed by atoms with E-state index in [1.54, 1.807) is 10.6 Å². The molecule has 0 bridgehead atoms. The molecule has 0 saturated heterocycles. The lowest BCUT2D eigenvalue weighted by Gasteiger charge is -2.18. The first-order chi connectivity index (χ1) is 10.0. The van der Waals surface area contributed by atoms with E-state index in [4.69, 9.17) is 23.2 Å². The van der Waals surface area contributed by atoms with Crippen LogP contribution in [0.2, 0.25) is 10.2 Å². The number of benzene rings is 1. The van der Waals surface area contributed by atoms with Gasteiger partial charge in [0.05, 0.1) is 6.04 Å². The van der Waals surface area contributed by atoms with Gasteiger partial charge in [-0.3, -0.25) is 0 Å². The smallest absolute Gasteiger partial charge is 0.255 e. The van der Waals surface area contributed by atoms with Crippen LogP contribution in [-0.2, 0) is 0 Å². The zero-order valence-corrected chi connectivity index (χ0v) is 13.0. The zero-order chi connectivity index (χ0) is 15.0. The molecule has 2 heterocycles. The van der Waals surface area contributed by atoms with Crippen molar-refractivity contribution in [2.75, 3.05) is 5.32 Å². The molecule has 21 heavy (non-hydrogen) atoms. The highest BCUT2D eigenvalue weighted by molar-refractivity contribution is 6.30. The fourth-order valence-electron chi connectivity index (χ4n) is 2.31. The van der Waals surface area contributed by atoms with Crippen molar-refractivity contribution in [3.63, 3.8) is 0 Å². The summed E-state index contributed by atoms with van der Waals surface area (Å²) >= 11 is 12.0. The summed E-state index contributed by atoms with van der Waals surface area (Å²) in [5.74, 6) is 1.20. The highest BCUT2D eigenvalue weighted by Crippen LogP contribution is 2.25. The number of fused-ring (bicyclic) bond motifs is 1. The maximum Gasteiger partial charge on any atom is 0.255 e. The summed E-state index contributed by atoms with van der Waals surface area (Å²) in [6, 6.07) is 7.63. The first-order valence-electron chi connectivity index (χ1n) is 6.43. The summed E-state index contributed by atoms with van der Waals surface area (Å²) in [5.41, 5.74) is 2.28. The lowest BCUT2D eigenvalue weighted by Crippen LogP contribution is -2.12. The van der Waals surface area contributed by atoms with Gasteiger partial charge in [0.2, 0.25) is 0 Å². The fourth-order valence-corrected chi connectivity index (χ4v) is 2.72. The maximum absolute atomic E-state index is 6.01. The lowest BCUT2D eigenvalue weighted by molar-refractivity contribution is 0.834. The molecule has 1 aromatic carbocycles. The Hall–Kier alpha value is -1.85. The molecule has 2 aromatic heterocycles. The second-order valence-electron chi connectivity index (χ2n) is 4.80. The predicted molar refractivity (Wildman–Crippen MR) is 84.0 cm³/mol. The van der Waals surface area contributed by atoms with Gasteiger partial charge >= 0.3 is 0 Å². The maximum atomic E-state index is 6.01. The molecule has 5 nitrogen and oxygen atoms in total. The van der Waals surface area contributed by atoms with E-state index in [2.05, 4.69) is 27.3 Å². The third-order valence-corrected chi connectivity index (χ3v) is 3.71. The predicted octanol–water partition coefficient (Wildman–Crippen LogP) is 3.91. The van der Waals surface area contributed by atoms with E-state index < -0.39 is 0 Å². The molecule has 0 amide bonds. The number of aromatic nitrogens is 4. The largest absolute Gasteiger partial charge is 0.363 e. The summed E-state index contributed by atoms with van der Waals surface area (Å²) in [7, 11) is 0. The highest BCUT2D eigenvalue weighted by Gasteiger charge is 2.12. The lowest BCUT2D eigenvalue weighted by atomic mass is 10.0. The third kappa shape index (κ3) is 2.80. The molecule has 3 rings (SSSR count). The Labute approximate surface area is 131 Å². The van der Waals surface area contributed by atoms with Crippen LogP contribution in [0.25, 0.3) is 5.78 Å². The summed E-state index contributed by atoms with van der Waals surface area (Å²) in [6.45, 7) is 4.09. The normalized spacial score (nSPS) is 12.6. The third-order valence-electron chi connectivity index (χ3n) is 3.28. The van der Waals surface area contributed by atoms with Crippen LogP contribution in [0.4, 0.5) is 5.82 Å². The minimum absolute atomic E-state index is 0.0631. The van der Waals surface area contributed by atoms with Gasteiger partial charge < -0.3 is 5.32 Å². The Morgan fingerprint density at radius 1 is 1.24 bits per heavy atom. The van der Waals surface area contributed by atoms with Crippen LogP contribution >= 0.6 is 23.2 Å². The summed E-state index contributed by atoms with van der Waals surface area (Å²) < 4.78 is 1.62. The van der Waals surface area contributed by atoms with Crippen LogP contribution in [0.5, 0.6) is 0 Å². The van der Waals surface area contributed by atoms with Crippen LogP contribution in [0.3, 0.4) is 0 Å². The molecule has 1 N–H and O–H groups in total. The van der Waals surface area contributed by atoms with Crippen LogP contribution in [0, 0.1) is 6.92 Å². The van der Waals surface area contributed by atoms with Crippen LogP contribution < -0.4 is 5.32 Å². The molecule has 0 aliphatic rings. The summed E-state index contributed by atoms with van der Waals surface area (Å²) in [5, 5.41) is 8.63. The van der Waals surface area contributed by atoms with E-state index in [1.807, 2.05) is 25.1 Å². The molecule has 0 aliphatic heterocycles. The van der Waals surface area contributed by atoms with Gasteiger partial charge in [-0.25, -0.2) is 0 Å². The topological polar surface area (TPSA) is 55.1 Å². The average Bonchev–Trinajstić information content (AvgIpc) is 2.86. The molecule has 108 valence electrons. The SMILES string of the molecule is Cc1cc(Cl)ccc1[C@@H](C)Nc1cc(Cl)nc2ncnn12. The van der Waals surface area contributed by atoms with Gasteiger partial charge in [0.15, 0.2) is 0 Å². The first-order valence-corrected chi connectivity index (χ1v) is 7.19. The number of anilines is 1. The number of nitrogens with one attached hydrogen (secondary N) is 1. The van der Waals surface area contributed by atoms with Gasteiger partial charge in [-0.1, -0.05) is 29.3 Å². The van der Waals surface area contributed by atoms with Crippen LogP contribution in [-0.4, -0.2) is 19.6 Å². The van der Waals surface area contributed by atoms with Crippen molar-refractivity contribution in [3.8, 4) is 0 Å². The number of aryl methyl sites for hydroxylation is 1. The quantitative estimate of drug-likeness (QED) is 0.743. The minimum atomic E-state index is 0.0631. The van der Waals surface area contributed by atoms with E-state index >= 15 is 0 Å². The van der Waals surface area contributed by atoms with Crippen molar-refractivity contribution >= 4 is 34.8 Å². The van der Waals surface area contributed by atoms with E-state index in [0.29, 0.717) is 10.9 Å². The molecule has 1 atom stereocenters. The van der Waals surface area contributed by atoms with E-state index in [0.717, 1.165) is 22.0 Å². The molecule has 3 aromatic rings. The standard InChI is InChI=1S/C14H13Cl2N5/c1-8-5-10(15)3-4-11(8)9(2)19-13-6-12(16)20-14-17-7-18-21(13)14/h3-7,9,19H,1-2H3/t9-/m1/s1. The molecule has 0 radical (unpaired) electrons. The number of rotatable bonds is 3. The Kier molecular flexibility index (Phi) is 3.69. The van der Waals surface area contributed by atoms with Gasteiger partial charge in [-0.05, 0) is 37.1 Å². The van der Waals surface area contributed by atoms with Crippen LogP contribution in [0.1, 0.15) is 24.1 Å². The molecule has 0 spiro atoms. The second-order valence-corrected chi connectivity index (χ2v) is 5.63.